The van der Waals surface area contributed by atoms with Crippen molar-refractivity contribution >= 4 is 46.4 Å². The van der Waals surface area contributed by atoms with Crippen molar-refractivity contribution in [1.29, 1.82) is 0 Å². The van der Waals surface area contributed by atoms with Crippen LogP contribution >= 0.6 is 23.2 Å². The molecule has 0 bridgehead atoms. The summed E-state index contributed by atoms with van der Waals surface area (Å²) in [6.07, 6.45) is 0. The average Bonchev–Trinajstić information content (AvgIpc) is 2.61. The summed E-state index contributed by atoms with van der Waals surface area (Å²) in [4.78, 5) is 25.8. The summed E-state index contributed by atoms with van der Waals surface area (Å²) >= 11 is 12.1. The molecule has 6 nitrogen and oxygen atoms in total. The molecular formula is C18H18Cl2N2O4. The van der Waals surface area contributed by atoms with Crippen LogP contribution in [0.2, 0.25) is 10.0 Å². The van der Waals surface area contributed by atoms with Gasteiger partial charge in [-0.1, -0.05) is 23.2 Å². The second kappa shape index (κ2) is 8.78. The highest BCUT2D eigenvalue weighted by Gasteiger charge is 2.20. The second-order valence-electron chi connectivity index (χ2n) is 5.32. The number of methoxy groups -OCH3 is 2. The van der Waals surface area contributed by atoms with Crippen molar-refractivity contribution in [3.63, 3.8) is 0 Å². The van der Waals surface area contributed by atoms with Crippen LogP contribution in [0.4, 0.5) is 11.4 Å². The lowest BCUT2D eigenvalue weighted by Gasteiger charge is -2.22. The van der Waals surface area contributed by atoms with Gasteiger partial charge in [-0.15, -0.1) is 0 Å². The molecule has 138 valence electrons. The smallest absolute Gasteiger partial charge is 0.244 e. The van der Waals surface area contributed by atoms with Crippen molar-refractivity contribution < 1.29 is 19.1 Å². The number of ether oxygens (including phenoxy) is 2. The summed E-state index contributed by atoms with van der Waals surface area (Å²) in [6, 6.07) is 9.71. The van der Waals surface area contributed by atoms with Crippen molar-refractivity contribution in [2.75, 3.05) is 31.0 Å². The number of rotatable bonds is 6. The maximum Gasteiger partial charge on any atom is 0.244 e. The van der Waals surface area contributed by atoms with Crippen LogP contribution in [0.15, 0.2) is 36.4 Å². The Labute approximate surface area is 161 Å². The molecule has 1 N–H and O–H groups in total. The van der Waals surface area contributed by atoms with Crippen LogP contribution in [-0.2, 0) is 9.59 Å². The number of anilines is 2. The zero-order valence-corrected chi connectivity index (χ0v) is 16.0. The molecule has 0 fully saturated rings. The zero-order chi connectivity index (χ0) is 19.3. The van der Waals surface area contributed by atoms with Crippen LogP contribution in [0, 0.1) is 0 Å². The van der Waals surface area contributed by atoms with Gasteiger partial charge in [0.25, 0.3) is 0 Å². The molecular weight excluding hydrogens is 379 g/mol. The molecule has 2 aromatic carbocycles. The highest BCUT2D eigenvalue weighted by molar-refractivity contribution is 6.35. The average molecular weight is 397 g/mol. The zero-order valence-electron chi connectivity index (χ0n) is 14.5. The molecule has 0 aliphatic rings. The van der Waals surface area contributed by atoms with Gasteiger partial charge in [0.05, 0.1) is 30.6 Å². The molecule has 2 aromatic rings. The fourth-order valence-corrected chi connectivity index (χ4v) is 2.69. The summed E-state index contributed by atoms with van der Waals surface area (Å²) in [5.41, 5.74) is 0.789. The van der Waals surface area contributed by atoms with Gasteiger partial charge in [0.2, 0.25) is 11.8 Å². The van der Waals surface area contributed by atoms with E-state index in [0.717, 1.165) is 0 Å². The minimum Gasteiger partial charge on any atom is -0.497 e. The molecule has 0 aliphatic carbocycles. The fraction of sp³-hybridized carbons (Fsp3) is 0.222. The van der Waals surface area contributed by atoms with Crippen molar-refractivity contribution in [3.8, 4) is 11.5 Å². The van der Waals surface area contributed by atoms with Gasteiger partial charge in [-0.25, -0.2) is 0 Å². The molecule has 0 radical (unpaired) electrons. The fourth-order valence-electron chi connectivity index (χ4n) is 2.30. The van der Waals surface area contributed by atoms with Gasteiger partial charge in [-0.05, 0) is 30.3 Å². The van der Waals surface area contributed by atoms with Gasteiger partial charge in [0, 0.05) is 18.0 Å². The lowest BCUT2D eigenvalue weighted by Crippen LogP contribution is -2.37. The maximum atomic E-state index is 12.5. The van der Waals surface area contributed by atoms with Crippen LogP contribution in [0.5, 0.6) is 11.5 Å². The van der Waals surface area contributed by atoms with E-state index in [1.54, 1.807) is 30.3 Å². The molecule has 8 heteroatoms. The normalized spacial score (nSPS) is 10.2. The number of hydrogen-bond donors (Lipinski definition) is 1. The number of amides is 2. The molecule has 0 aliphatic heterocycles. The van der Waals surface area contributed by atoms with Crippen LogP contribution in [0.1, 0.15) is 6.92 Å². The lowest BCUT2D eigenvalue weighted by molar-refractivity contribution is -0.120. The van der Waals surface area contributed by atoms with Crippen LogP contribution < -0.4 is 19.7 Å². The first-order chi connectivity index (χ1) is 12.3. The van der Waals surface area contributed by atoms with E-state index < -0.39 is 5.91 Å². The number of nitrogens with one attached hydrogen (secondary N) is 1. The predicted octanol–water partition coefficient (Wildman–Crippen LogP) is 4.00. The summed E-state index contributed by atoms with van der Waals surface area (Å²) in [7, 11) is 3.01. The van der Waals surface area contributed by atoms with Crippen LogP contribution in [0.3, 0.4) is 0 Å². The lowest BCUT2D eigenvalue weighted by atomic mass is 10.2. The van der Waals surface area contributed by atoms with Crippen molar-refractivity contribution in [1.82, 2.24) is 0 Å². The largest absolute Gasteiger partial charge is 0.497 e. The van der Waals surface area contributed by atoms with Gasteiger partial charge in [0.15, 0.2) is 0 Å². The third-order valence-corrected chi connectivity index (χ3v) is 4.12. The quantitative estimate of drug-likeness (QED) is 0.800. The van der Waals surface area contributed by atoms with Gasteiger partial charge >= 0.3 is 0 Å². The van der Waals surface area contributed by atoms with Gasteiger partial charge in [-0.3, -0.25) is 9.59 Å². The molecule has 0 aromatic heterocycles. The van der Waals surface area contributed by atoms with E-state index in [9.17, 15) is 9.59 Å². The number of carbonyl (C=O) groups is 2. The summed E-state index contributed by atoms with van der Waals surface area (Å²) in [5, 5.41) is 3.44. The maximum absolute atomic E-state index is 12.5. The van der Waals surface area contributed by atoms with E-state index in [1.807, 2.05) is 0 Å². The highest BCUT2D eigenvalue weighted by Crippen LogP contribution is 2.31. The number of halogens is 2. The Bertz CT molecular complexity index is 827. The minimum absolute atomic E-state index is 0.240. The number of benzene rings is 2. The third-order valence-electron chi connectivity index (χ3n) is 3.56. The second-order valence-corrected chi connectivity index (χ2v) is 6.16. The Morgan fingerprint density at radius 1 is 1.08 bits per heavy atom. The Kier molecular flexibility index (Phi) is 6.71. The van der Waals surface area contributed by atoms with E-state index in [1.165, 1.54) is 32.1 Å². The molecule has 0 saturated heterocycles. The number of nitrogens with zero attached hydrogens (tertiary/aromatic N) is 1. The molecule has 0 spiro atoms. The minimum atomic E-state index is -0.428. The van der Waals surface area contributed by atoms with Crippen molar-refractivity contribution in [3.05, 3.63) is 46.4 Å². The topological polar surface area (TPSA) is 67.9 Å². The van der Waals surface area contributed by atoms with Crippen LogP contribution in [0.25, 0.3) is 0 Å². The van der Waals surface area contributed by atoms with E-state index in [4.69, 9.17) is 32.7 Å². The van der Waals surface area contributed by atoms with E-state index in [0.29, 0.717) is 32.9 Å². The van der Waals surface area contributed by atoms with E-state index >= 15 is 0 Å². The molecule has 0 atom stereocenters. The van der Waals surface area contributed by atoms with Gasteiger partial charge in [-0.2, -0.15) is 0 Å². The van der Waals surface area contributed by atoms with E-state index in [-0.39, 0.29) is 12.5 Å². The summed E-state index contributed by atoms with van der Waals surface area (Å²) in [6.45, 7) is 1.10. The summed E-state index contributed by atoms with van der Waals surface area (Å²) < 4.78 is 10.4. The molecule has 26 heavy (non-hydrogen) atoms. The number of carbonyl (C=O) groups excluding carboxylic acids is 2. The Morgan fingerprint density at radius 2 is 1.81 bits per heavy atom. The molecule has 0 unspecified atom stereocenters. The van der Waals surface area contributed by atoms with Crippen molar-refractivity contribution in [2.45, 2.75) is 6.92 Å². The van der Waals surface area contributed by atoms with E-state index in [2.05, 4.69) is 5.32 Å². The first-order valence-electron chi connectivity index (χ1n) is 7.60. The SMILES string of the molecule is COc1ccc(OC)c(NC(=O)CN(C(C)=O)c2cc(Cl)ccc2Cl)c1. The predicted molar refractivity (Wildman–Crippen MR) is 103 cm³/mol. The molecule has 0 saturated carbocycles. The monoisotopic (exact) mass is 396 g/mol. The molecule has 2 amide bonds. The van der Waals surface area contributed by atoms with Crippen molar-refractivity contribution in [2.24, 2.45) is 0 Å². The molecule has 0 heterocycles. The summed E-state index contributed by atoms with van der Waals surface area (Å²) in [5.74, 6) is 0.251. The van der Waals surface area contributed by atoms with Gasteiger partial charge < -0.3 is 19.7 Å². The Hall–Kier alpha value is -2.44. The van der Waals surface area contributed by atoms with Gasteiger partial charge in [0.1, 0.15) is 18.0 Å². The standard InChI is InChI=1S/C18H18Cl2N2O4/c1-11(23)22(16-8-12(19)4-6-14(16)20)10-18(24)21-15-9-13(25-2)5-7-17(15)26-3/h4-9H,10H2,1-3H3,(H,21,24). The first-order valence-corrected chi connectivity index (χ1v) is 8.36. The number of hydrogen-bond acceptors (Lipinski definition) is 4. The van der Waals surface area contributed by atoms with Crippen LogP contribution in [-0.4, -0.2) is 32.6 Å². The Morgan fingerprint density at radius 3 is 2.42 bits per heavy atom. The third kappa shape index (κ3) is 4.80. The first kappa shape index (κ1) is 19.9. The Balaban J connectivity index is 2.24. The molecule has 2 rings (SSSR count). The highest BCUT2D eigenvalue weighted by atomic mass is 35.5.